The first-order valence-electron chi connectivity index (χ1n) is 26.6. The highest BCUT2D eigenvalue weighted by molar-refractivity contribution is 8.76. The third-order valence-electron chi connectivity index (χ3n) is 13.8. The maximum absolute atomic E-state index is 14.1. The van der Waals surface area contributed by atoms with Crippen molar-refractivity contribution >= 4 is 78.8 Å². The summed E-state index contributed by atoms with van der Waals surface area (Å²) < 4.78 is 38.0. The van der Waals surface area contributed by atoms with Crippen LogP contribution in [0, 0.1) is 0 Å². The van der Waals surface area contributed by atoms with Gasteiger partial charge in [-0.25, -0.2) is 23.8 Å². The molecule has 0 N–H and O–H groups in total. The molecule has 406 valence electrons. The number of carbonyl (C=O) groups is 4. The minimum Gasteiger partial charge on any atom is -0.465 e. The predicted octanol–water partition coefficient (Wildman–Crippen LogP) is 12.1. The smallest absolute Gasteiger partial charge is 0.339 e. The summed E-state index contributed by atoms with van der Waals surface area (Å²) in [5.41, 5.74) is 8.18. The highest BCUT2D eigenvalue weighted by Gasteiger charge is 2.28. The molecule has 16 heteroatoms. The first-order valence-corrected chi connectivity index (χ1v) is 29.1. The van der Waals surface area contributed by atoms with Crippen molar-refractivity contribution in [3.8, 4) is 44.9 Å². The fraction of sp³-hybridized carbons (Fsp3) is 0.323. The van der Waals surface area contributed by atoms with Gasteiger partial charge in [0.1, 0.15) is 49.0 Å². The average Bonchev–Trinajstić information content (AvgIpc) is 3.63. The van der Waals surface area contributed by atoms with E-state index in [1.54, 1.807) is 24.3 Å². The van der Waals surface area contributed by atoms with Crippen LogP contribution in [-0.2, 0) is 18.9 Å². The minimum absolute atomic E-state index is 0.126. The van der Waals surface area contributed by atoms with E-state index in [4.69, 9.17) is 27.8 Å². The number of nitrogens with zero attached hydrogens (tertiary/aromatic N) is 4. The second-order valence-electron chi connectivity index (χ2n) is 18.0. The highest BCUT2D eigenvalue weighted by atomic mass is 33.1. The molecular formula is C62H67N4O10S2+. The maximum atomic E-state index is 14.1. The Morgan fingerprint density at radius 3 is 1.40 bits per heavy atom. The zero-order valence-electron chi connectivity index (χ0n) is 45.9. The fourth-order valence-electron chi connectivity index (χ4n) is 10.0. The lowest BCUT2D eigenvalue weighted by molar-refractivity contribution is 0.0521. The number of methoxy groups -OCH3 is 2. The molecule has 8 rings (SSSR count). The van der Waals surface area contributed by atoms with Crippen LogP contribution >= 0.6 is 21.6 Å². The lowest BCUT2D eigenvalue weighted by atomic mass is 9.90. The molecule has 0 amide bonds. The quantitative estimate of drug-likeness (QED) is 0.0158. The normalized spacial score (nSPS) is 11.6. The standard InChI is InChI=1S/C62H67N4O10S2/c1-10-63-39-25-27-45-53(33-39)75-55-37-51(65(13-4)14-5)47(59(67)71-8)35-49(55)57(45)41-21-17-19-23-43(41)61(69)73-29-31-77-78-32-30-74-62(70)44-24-20-18-22-42(44)58-46-28-26-40(64(11-2)12-3)34-54(46)76-56-38-52(66(15-6)16-7)48(36-50(56)58)60(68)72-9/h17-28,33-38H,10-16,29-32H2,1-9H3/q+1/b63-39+. The van der Waals surface area contributed by atoms with Crippen LogP contribution in [0.2, 0.25) is 0 Å². The van der Waals surface area contributed by atoms with Crippen LogP contribution in [-0.4, -0.2) is 109 Å². The Morgan fingerprint density at radius 2 is 0.962 bits per heavy atom. The lowest BCUT2D eigenvalue weighted by Gasteiger charge is -2.25. The largest absolute Gasteiger partial charge is 0.465 e. The topological polar surface area (TPSA) is 153 Å². The third kappa shape index (κ3) is 11.8. The van der Waals surface area contributed by atoms with Crippen molar-refractivity contribution in [3.63, 3.8) is 0 Å². The number of rotatable bonds is 22. The minimum atomic E-state index is -0.501. The van der Waals surface area contributed by atoms with Gasteiger partial charge in [0.05, 0.1) is 59.3 Å². The molecule has 4 aliphatic rings. The van der Waals surface area contributed by atoms with E-state index in [2.05, 4.69) is 39.3 Å². The van der Waals surface area contributed by atoms with Gasteiger partial charge in [0.25, 0.3) is 0 Å². The Balaban J connectivity index is 0.993. The molecule has 0 aromatic heterocycles. The van der Waals surface area contributed by atoms with E-state index in [0.29, 0.717) is 128 Å². The average molecular weight is 1090 g/mol. The molecule has 0 fully saturated rings. The zero-order chi connectivity index (χ0) is 55.5. The van der Waals surface area contributed by atoms with Crippen LogP contribution < -0.4 is 25.1 Å². The van der Waals surface area contributed by atoms with Crippen molar-refractivity contribution in [3.05, 3.63) is 142 Å². The van der Waals surface area contributed by atoms with Gasteiger partial charge in [-0.1, -0.05) is 58.0 Å². The molecular weight excluding hydrogens is 1020 g/mol. The fourth-order valence-corrected chi connectivity index (χ4v) is 11.7. The van der Waals surface area contributed by atoms with Crippen LogP contribution in [0.4, 0.5) is 11.4 Å². The van der Waals surface area contributed by atoms with E-state index in [1.165, 1.54) is 35.8 Å². The van der Waals surface area contributed by atoms with E-state index >= 15 is 0 Å². The van der Waals surface area contributed by atoms with Crippen LogP contribution in [0.1, 0.15) is 89.9 Å². The third-order valence-corrected chi connectivity index (χ3v) is 16.2. The van der Waals surface area contributed by atoms with Crippen LogP contribution in [0.15, 0.2) is 123 Å². The Kier molecular flexibility index (Phi) is 19.0. The Morgan fingerprint density at radius 1 is 0.513 bits per heavy atom. The molecule has 4 aromatic carbocycles. The second kappa shape index (κ2) is 26.2. The van der Waals surface area contributed by atoms with E-state index in [9.17, 15) is 19.2 Å². The van der Waals surface area contributed by atoms with Gasteiger partial charge >= 0.3 is 23.9 Å². The molecule has 78 heavy (non-hydrogen) atoms. The Hall–Kier alpha value is -7.56. The maximum Gasteiger partial charge on any atom is 0.339 e. The summed E-state index contributed by atoms with van der Waals surface area (Å²) in [4.78, 5) is 63.7. The Bertz CT molecular complexity index is 3570. The van der Waals surface area contributed by atoms with Crippen molar-refractivity contribution in [2.45, 2.75) is 48.5 Å². The van der Waals surface area contributed by atoms with Gasteiger partial charge in [-0.3, -0.25) is 4.99 Å². The lowest BCUT2D eigenvalue weighted by Crippen LogP contribution is -2.29. The molecule has 0 bridgehead atoms. The monoisotopic (exact) mass is 1090 g/mol. The van der Waals surface area contributed by atoms with Gasteiger partial charge in [-0.15, -0.1) is 0 Å². The van der Waals surface area contributed by atoms with Crippen molar-refractivity contribution in [2.24, 2.45) is 4.99 Å². The van der Waals surface area contributed by atoms with Crippen LogP contribution in [0.5, 0.6) is 0 Å². The molecule has 0 atom stereocenters. The van der Waals surface area contributed by atoms with Gasteiger partial charge in [0, 0.05) is 102 Å². The van der Waals surface area contributed by atoms with Gasteiger partial charge in [-0.05, 0) is 102 Å². The zero-order valence-corrected chi connectivity index (χ0v) is 47.5. The number of ether oxygens (including phenoxy) is 4. The number of hydrogen-bond donors (Lipinski definition) is 0. The second-order valence-corrected chi connectivity index (χ2v) is 20.7. The molecule has 2 heterocycles. The van der Waals surface area contributed by atoms with Crippen molar-refractivity contribution in [1.29, 1.82) is 0 Å². The molecule has 0 saturated heterocycles. The number of anilines is 2. The summed E-state index contributed by atoms with van der Waals surface area (Å²) in [5, 5.41) is 3.05. The molecule has 0 spiro atoms. The number of fused-ring (bicyclic) bond motifs is 4. The molecule has 4 aromatic rings. The van der Waals surface area contributed by atoms with Crippen molar-refractivity contribution < 1.29 is 47.0 Å². The van der Waals surface area contributed by atoms with Crippen molar-refractivity contribution in [1.82, 2.24) is 4.58 Å². The number of esters is 4. The molecule has 2 aliphatic heterocycles. The van der Waals surface area contributed by atoms with Gasteiger partial charge < -0.3 is 37.6 Å². The van der Waals surface area contributed by atoms with E-state index in [0.717, 1.165) is 40.5 Å². The number of carbonyl (C=O) groups excluding carboxylic acids is 4. The predicted molar refractivity (Wildman–Crippen MR) is 314 cm³/mol. The number of benzene rings is 6. The first kappa shape index (κ1) is 56.6. The number of hydrogen-bond acceptors (Lipinski definition) is 15. The van der Waals surface area contributed by atoms with Gasteiger partial charge in [0.15, 0.2) is 0 Å². The van der Waals surface area contributed by atoms with Gasteiger partial charge in [0.2, 0.25) is 5.36 Å². The summed E-state index contributed by atoms with van der Waals surface area (Å²) in [7, 11) is 5.75. The summed E-state index contributed by atoms with van der Waals surface area (Å²) in [6, 6.07) is 33.8. The summed E-state index contributed by atoms with van der Waals surface area (Å²) in [6.45, 7) is 19.4. The molecule has 0 unspecified atom stereocenters. The summed E-state index contributed by atoms with van der Waals surface area (Å²) in [6.07, 6.45) is 0. The molecule has 2 aliphatic carbocycles. The SMILES string of the molecule is CC/N=c1\ccc2c(-c3ccccc3C(=O)OCCSSCCOC(=O)c3ccccc3-c3c4ccc(=[N+](CC)CC)cc-4oc4cc(N(CC)CC)c(C(=O)OC)cc34)c3cc(C(=O)OC)c(N(CC)CC)cc3oc-2c1. The summed E-state index contributed by atoms with van der Waals surface area (Å²) >= 11 is 0. The first-order chi connectivity index (χ1) is 38.0. The van der Waals surface area contributed by atoms with Gasteiger partial charge in [-0.2, -0.15) is 0 Å². The van der Waals surface area contributed by atoms with E-state index in [1.807, 2.05) is 113 Å². The molecule has 0 radical (unpaired) electrons. The van der Waals surface area contributed by atoms with E-state index in [-0.39, 0.29) is 13.2 Å². The van der Waals surface area contributed by atoms with Crippen LogP contribution in [0.3, 0.4) is 0 Å². The van der Waals surface area contributed by atoms with Crippen molar-refractivity contribution in [2.75, 3.05) is 94.6 Å². The van der Waals surface area contributed by atoms with Crippen LogP contribution in [0.25, 0.3) is 66.8 Å². The summed E-state index contributed by atoms with van der Waals surface area (Å²) in [5.74, 6) is 0.218. The van der Waals surface area contributed by atoms with E-state index < -0.39 is 23.9 Å². The molecule has 14 nitrogen and oxygen atoms in total. The Labute approximate surface area is 463 Å². The highest BCUT2D eigenvalue weighted by Crippen LogP contribution is 2.45. The molecule has 0 saturated carbocycles.